The number of aromatic nitrogens is 1. The summed E-state index contributed by atoms with van der Waals surface area (Å²) in [6.07, 6.45) is 0. The number of aryl methyl sites for hydroxylation is 2. The topological polar surface area (TPSA) is 68.5 Å². The predicted molar refractivity (Wildman–Crippen MR) is 100 cm³/mol. The number of hydrogen-bond donors (Lipinski definition) is 0. The average molecular weight is 374 g/mol. The largest absolute Gasteiger partial charge is 0.319 e. The Kier molecular flexibility index (Phi) is 4.87. The van der Waals surface area contributed by atoms with Gasteiger partial charge < -0.3 is 4.57 Å². The first-order valence-corrected chi connectivity index (χ1v) is 10.4. The lowest BCUT2D eigenvalue weighted by Gasteiger charge is -2.02. The zero-order valence-corrected chi connectivity index (χ0v) is 15.6. The van der Waals surface area contributed by atoms with Gasteiger partial charge in [0.2, 0.25) is 0 Å². The van der Waals surface area contributed by atoms with Crippen LogP contribution in [-0.2, 0) is 27.4 Å². The number of sulfone groups is 1. The molecule has 1 aromatic heterocycles. The second-order valence-corrected chi connectivity index (χ2v) is 8.96. The molecule has 0 atom stereocenters. The summed E-state index contributed by atoms with van der Waals surface area (Å²) in [5.74, 6) is -1.39. The van der Waals surface area contributed by atoms with Crippen molar-refractivity contribution in [3.05, 3.63) is 64.5 Å². The number of amides is 1. The van der Waals surface area contributed by atoms with Crippen molar-refractivity contribution in [1.29, 1.82) is 0 Å². The summed E-state index contributed by atoms with van der Waals surface area (Å²) in [6, 6.07) is 14.7. The highest BCUT2D eigenvalue weighted by Gasteiger charge is 2.17. The molecule has 2 aromatic carbocycles. The van der Waals surface area contributed by atoms with Gasteiger partial charge in [0.1, 0.15) is 5.75 Å². The number of para-hydroxylation sites is 1. The molecule has 0 aliphatic carbocycles. The average Bonchev–Trinajstić information content (AvgIpc) is 2.84. The van der Waals surface area contributed by atoms with E-state index in [0.29, 0.717) is 10.4 Å². The molecule has 0 N–H and O–H groups in total. The Morgan fingerprint density at radius 2 is 1.84 bits per heavy atom. The van der Waals surface area contributed by atoms with E-state index in [1.807, 2.05) is 42.8 Å². The molecule has 0 fully saturated rings. The molecule has 0 unspecified atom stereocenters. The second-order valence-electron chi connectivity index (χ2n) is 5.89. The van der Waals surface area contributed by atoms with Gasteiger partial charge in [-0.2, -0.15) is 4.99 Å². The van der Waals surface area contributed by atoms with Gasteiger partial charge in [0, 0.05) is 7.05 Å². The maximum atomic E-state index is 12.2. The highest BCUT2D eigenvalue weighted by molar-refractivity contribution is 7.91. The van der Waals surface area contributed by atoms with E-state index in [2.05, 4.69) is 4.99 Å². The zero-order chi connectivity index (χ0) is 18.0. The van der Waals surface area contributed by atoms with Crippen LogP contribution in [0.15, 0.2) is 53.5 Å². The first kappa shape index (κ1) is 17.6. The summed E-state index contributed by atoms with van der Waals surface area (Å²) in [6.45, 7) is 1.99. The standard InChI is InChI=1S/C18H18N2O3S2/c1-13-7-6-10-15-17(13)20(2)18(24-15)19-16(21)12-25(22,23)11-14-8-4-3-5-9-14/h3-10H,11-12H2,1-2H3. The molecule has 0 spiro atoms. The molecular formula is C18H18N2O3S2. The molecule has 7 heteroatoms. The number of benzene rings is 2. The number of fused-ring (bicyclic) bond motifs is 1. The number of rotatable bonds is 4. The van der Waals surface area contributed by atoms with Crippen LogP contribution in [0.1, 0.15) is 11.1 Å². The number of carbonyl (C=O) groups is 1. The number of nitrogens with zero attached hydrogens (tertiary/aromatic N) is 2. The maximum Gasteiger partial charge on any atom is 0.263 e. The van der Waals surface area contributed by atoms with Crippen molar-refractivity contribution < 1.29 is 13.2 Å². The van der Waals surface area contributed by atoms with Crippen molar-refractivity contribution in [2.75, 3.05) is 5.75 Å². The highest BCUT2D eigenvalue weighted by atomic mass is 32.2. The van der Waals surface area contributed by atoms with E-state index in [9.17, 15) is 13.2 Å². The Labute approximate surface area is 150 Å². The summed E-state index contributed by atoms with van der Waals surface area (Å²) in [7, 11) is -1.72. The van der Waals surface area contributed by atoms with Gasteiger partial charge in [-0.1, -0.05) is 53.8 Å². The molecule has 25 heavy (non-hydrogen) atoms. The third kappa shape index (κ3) is 4.05. The summed E-state index contributed by atoms with van der Waals surface area (Å²) in [5, 5.41) is 0. The van der Waals surface area contributed by atoms with Gasteiger partial charge in [0.15, 0.2) is 14.6 Å². The van der Waals surface area contributed by atoms with Crippen LogP contribution in [0.2, 0.25) is 0 Å². The van der Waals surface area contributed by atoms with Gasteiger partial charge in [-0.05, 0) is 24.1 Å². The molecule has 1 heterocycles. The van der Waals surface area contributed by atoms with Gasteiger partial charge >= 0.3 is 0 Å². The fourth-order valence-electron chi connectivity index (χ4n) is 2.71. The monoisotopic (exact) mass is 374 g/mol. The lowest BCUT2D eigenvalue weighted by molar-refractivity contribution is -0.115. The first-order chi connectivity index (χ1) is 11.9. The van der Waals surface area contributed by atoms with Gasteiger partial charge in [-0.15, -0.1) is 0 Å². The molecule has 0 aliphatic heterocycles. The van der Waals surface area contributed by atoms with Crippen LogP contribution in [0.5, 0.6) is 0 Å². The van der Waals surface area contributed by atoms with E-state index in [1.54, 1.807) is 24.3 Å². The van der Waals surface area contributed by atoms with Crippen LogP contribution in [0.3, 0.4) is 0 Å². The van der Waals surface area contributed by atoms with Crippen molar-refractivity contribution in [3.63, 3.8) is 0 Å². The Balaban J connectivity index is 1.86. The van der Waals surface area contributed by atoms with E-state index in [1.165, 1.54) is 11.3 Å². The zero-order valence-electron chi connectivity index (χ0n) is 14.0. The van der Waals surface area contributed by atoms with Gasteiger partial charge in [-0.3, -0.25) is 4.79 Å². The van der Waals surface area contributed by atoms with Gasteiger partial charge in [-0.25, -0.2) is 8.42 Å². The third-order valence-electron chi connectivity index (χ3n) is 3.82. The first-order valence-electron chi connectivity index (χ1n) is 7.73. The van der Waals surface area contributed by atoms with Crippen LogP contribution in [0.4, 0.5) is 0 Å². The molecule has 130 valence electrons. The summed E-state index contributed by atoms with van der Waals surface area (Å²) < 4.78 is 27.3. The van der Waals surface area contributed by atoms with Crippen LogP contribution in [0, 0.1) is 6.92 Å². The van der Waals surface area contributed by atoms with Crippen molar-refractivity contribution in [3.8, 4) is 0 Å². The molecule has 0 radical (unpaired) electrons. The van der Waals surface area contributed by atoms with Crippen molar-refractivity contribution >= 4 is 37.3 Å². The van der Waals surface area contributed by atoms with Crippen LogP contribution < -0.4 is 4.80 Å². The van der Waals surface area contributed by atoms with Crippen LogP contribution >= 0.6 is 11.3 Å². The Hall–Kier alpha value is -2.25. The van der Waals surface area contributed by atoms with E-state index >= 15 is 0 Å². The van der Waals surface area contributed by atoms with E-state index in [-0.39, 0.29) is 5.75 Å². The third-order valence-corrected chi connectivity index (χ3v) is 6.37. The van der Waals surface area contributed by atoms with Crippen LogP contribution in [0.25, 0.3) is 10.2 Å². The number of thiazole rings is 1. The predicted octanol–water partition coefficient (Wildman–Crippen LogP) is 2.59. The Morgan fingerprint density at radius 3 is 2.52 bits per heavy atom. The minimum Gasteiger partial charge on any atom is -0.319 e. The fraction of sp³-hybridized carbons (Fsp3) is 0.222. The van der Waals surface area contributed by atoms with Crippen LogP contribution in [-0.4, -0.2) is 24.6 Å². The molecule has 1 amide bonds. The highest BCUT2D eigenvalue weighted by Crippen LogP contribution is 2.19. The number of hydrogen-bond acceptors (Lipinski definition) is 4. The Bertz CT molecular complexity index is 1090. The van der Waals surface area contributed by atoms with E-state index in [4.69, 9.17) is 0 Å². The summed E-state index contributed by atoms with van der Waals surface area (Å²) in [4.78, 5) is 16.7. The normalized spacial score (nSPS) is 12.6. The lowest BCUT2D eigenvalue weighted by atomic mass is 10.2. The maximum absolute atomic E-state index is 12.2. The second kappa shape index (κ2) is 6.93. The molecule has 3 aromatic rings. The summed E-state index contributed by atoms with van der Waals surface area (Å²) in [5.41, 5.74) is 2.76. The van der Waals surface area contributed by atoms with Gasteiger partial charge in [0.25, 0.3) is 5.91 Å². The molecular weight excluding hydrogens is 356 g/mol. The molecule has 0 saturated carbocycles. The minimum absolute atomic E-state index is 0.160. The van der Waals surface area contributed by atoms with Crippen molar-refractivity contribution in [2.24, 2.45) is 12.0 Å². The SMILES string of the molecule is Cc1cccc2sc(=NC(=O)CS(=O)(=O)Cc3ccccc3)n(C)c12. The summed E-state index contributed by atoms with van der Waals surface area (Å²) >= 11 is 1.38. The van der Waals surface area contributed by atoms with E-state index in [0.717, 1.165) is 15.8 Å². The molecule has 0 bridgehead atoms. The fourth-order valence-corrected chi connectivity index (χ4v) is 5.07. The van der Waals surface area contributed by atoms with E-state index < -0.39 is 21.5 Å². The van der Waals surface area contributed by atoms with Crippen molar-refractivity contribution in [2.45, 2.75) is 12.7 Å². The molecule has 3 rings (SSSR count). The smallest absolute Gasteiger partial charge is 0.263 e. The quantitative estimate of drug-likeness (QED) is 0.705. The molecule has 0 aliphatic rings. The minimum atomic E-state index is -3.55. The number of carbonyl (C=O) groups excluding carboxylic acids is 1. The molecule has 5 nitrogen and oxygen atoms in total. The van der Waals surface area contributed by atoms with Gasteiger partial charge in [0.05, 0.1) is 16.0 Å². The molecule has 0 saturated heterocycles. The van der Waals surface area contributed by atoms with Crippen molar-refractivity contribution in [1.82, 2.24) is 4.57 Å². The Morgan fingerprint density at radius 1 is 1.12 bits per heavy atom. The lowest BCUT2D eigenvalue weighted by Crippen LogP contribution is -2.20.